The van der Waals surface area contributed by atoms with Crippen molar-refractivity contribution < 1.29 is 9.53 Å². The SMILES string of the molecule is CCOCCNCC(=O)N1CCCC1. The van der Waals surface area contributed by atoms with Crippen molar-refractivity contribution in [3.05, 3.63) is 0 Å². The molecule has 0 radical (unpaired) electrons. The van der Waals surface area contributed by atoms with E-state index in [9.17, 15) is 4.79 Å². The second-order valence-electron chi connectivity index (χ2n) is 3.46. The monoisotopic (exact) mass is 200 g/mol. The van der Waals surface area contributed by atoms with Crippen LogP contribution in [0.3, 0.4) is 0 Å². The number of likely N-dealkylation sites (tertiary alicyclic amines) is 1. The lowest BCUT2D eigenvalue weighted by Gasteiger charge is -2.15. The topological polar surface area (TPSA) is 41.6 Å². The van der Waals surface area contributed by atoms with Crippen molar-refractivity contribution >= 4 is 5.91 Å². The number of rotatable bonds is 6. The molecule has 0 aromatic carbocycles. The van der Waals surface area contributed by atoms with Crippen LogP contribution in [0.15, 0.2) is 0 Å². The summed E-state index contributed by atoms with van der Waals surface area (Å²) in [7, 11) is 0. The average Bonchev–Trinajstić information content (AvgIpc) is 2.70. The molecule has 0 spiro atoms. The maximum atomic E-state index is 11.5. The van der Waals surface area contributed by atoms with Gasteiger partial charge in [0.05, 0.1) is 13.2 Å². The van der Waals surface area contributed by atoms with Crippen molar-refractivity contribution in [2.24, 2.45) is 0 Å². The molecule has 1 heterocycles. The van der Waals surface area contributed by atoms with Gasteiger partial charge in [0, 0.05) is 26.2 Å². The Morgan fingerprint density at radius 3 is 2.79 bits per heavy atom. The highest BCUT2D eigenvalue weighted by Gasteiger charge is 2.16. The Morgan fingerprint density at radius 1 is 1.43 bits per heavy atom. The largest absolute Gasteiger partial charge is 0.380 e. The molecule has 1 N–H and O–H groups in total. The molecule has 0 aliphatic carbocycles. The maximum Gasteiger partial charge on any atom is 0.236 e. The van der Waals surface area contributed by atoms with Gasteiger partial charge in [-0.25, -0.2) is 0 Å². The second kappa shape index (κ2) is 6.79. The van der Waals surface area contributed by atoms with Crippen LogP contribution in [0.2, 0.25) is 0 Å². The Balaban J connectivity index is 1.97. The smallest absolute Gasteiger partial charge is 0.236 e. The van der Waals surface area contributed by atoms with Crippen LogP contribution in [0, 0.1) is 0 Å². The molecule has 0 aromatic heterocycles. The molecule has 1 fully saturated rings. The summed E-state index contributed by atoms with van der Waals surface area (Å²) < 4.78 is 5.15. The molecule has 0 atom stereocenters. The van der Waals surface area contributed by atoms with Gasteiger partial charge < -0.3 is 15.0 Å². The average molecular weight is 200 g/mol. The van der Waals surface area contributed by atoms with Crippen molar-refractivity contribution in [3.63, 3.8) is 0 Å². The fraction of sp³-hybridized carbons (Fsp3) is 0.900. The number of amides is 1. The summed E-state index contributed by atoms with van der Waals surface area (Å²) >= 11 is 0. The Morgan fingerprint density at radius 2 is 2.14 bits per heavy atom. The van der Waals surface area contributed by atoms with Gasteiger partial charge in [0.1, 0.15) is 0 Å². The summed E-state index contributed by atoms with van der Waals surface area (Å²) in [5, 5.41) is 3.08. The summed E-state index contributed by atoms with van der Waals surface area (Å²) in [6, 6.07) is 0. The summed E-state index contributed by atoms with van der Waals surface area (Å²) in [4.78, 5) is 13.4. The fourth-order valence-corrected chi connectivity index (χ4v) is 1.56. The molecule has 4 nitrogen and oxygen atoms in total. The molecule has 1 aliphatic rings. The first-order valence-corrected chi connectivity index (χ1v) is 5.41. The normalized spacial score (nSPS) is 16.2. The first-order chi connectivity index (χ1) is 6.84. The predicted molar refractivity (Wildman–Crippen MR) is 55.2 cm³/mol. The number of nitrogens with one attached hydrogen (secondary N) is 1. The lowest BCUT2D eigenvalue weighted by molar-refractivity contribution is -0.129. The number of hydrogen-bond acceptors (Lipinski definition) is 3. The Labute approximate surface area is 85.6 Å². The molecule has 14 heavy (non-hydrogen) atoms. The Hall–Kier alpha value is -0.610. The van der Waals surface area contributed by atoms with E-state index in [1.165, 1.54) is 0 Å². The van der Waals surface area contributed by atoms with Gasteiger partial charge >= 0.3 is 0 Å². The van der Waals surface area contributed by atoms with Crippen molar-refractivity contribution in [1.29, 1.82) is 0 Å². The molecule has 1 amide bonds. The van der Waals surface area contributed by atoms with E-state index in [-0.39, 0.29) is 5.91 Å². The zero-order valence-corrected chi connectivity index (χ0v) is 8.92. The van der Waals surface area contributed by atoms with Crippen molar-refractivity contribution in [2.45, 2.75) is 19.8 Å². The van der Waals surface area contributed by atoms with E-state index in [1.54, 1.807) is 0 Å². The zero-order valence-electron chi connectivity index (χ0n) is 8.92. The quantitative estimate of drug-likeness (QED) is 0.624. The summed E-state index contributed by atoms with van der Waals surface area (Å²) in [5.41, 5.74) is 0. The van der Waals surface area contributed by atoms with Gasteiger partial charge in [-0.3, -0.25) is 4.79 Å². The first-order valence-electron chi connectivity index (χ1n) is 5.41. The summed E-state index contributed by atoms with van der Waals surface area (Å²) in [6.07, 6.45) is 2.31. The minimum Gasteiger partial charge on any atom is -0.380 e. The second-order valence-corrected chi connectivity index (χ2v) is 3.46. The molecule has 1 aliphatic heterocycles. The molecule has 0 aromatic rings. The lowest BCUT2D eigenvalue weighted by atomic mass is 10.4. The van der Waals surface area contributed by atoms with E-state index in [4.69, 9.17) is 4.74 Å². The first kappa shape index (κ1) is 11.5. The number of ether oxygens (including phenoxy) is 1. The number of nitrogens with zero attached hydrogens (tertiary/aromatic N) is 1. The maximum absolute atomic E-state index is 11.5. The van der Waals surface area contributed by atoms with Crippen LogP contribution >= 0.6 is 0 Å². The van der Waals surface area contributed by atoms with E-state index in [0.717, 1.165) is 39.1 Å². The molecule has 0 unspecified atom stereocenters. The highest BCUT2D eigenvalue weighted by Crippen LogP contribution is 2.06. The third-order valence-corrected chi connectivity index (χ3v) is 2.36. The van der Waals surface area contributed by atoms with Crippen molar-refractivity contribution in [1.82, 2.24) is 10.2 Å². The van der Waals surface area contributed by atoms with Crippen LogP contribution in [0.4, 0.5) is 0 Å². The van der Waals surface area contributed by atoms with Gasteiger partial charge in [-0.2, -0.15) is 0 Å². The molecular weight excluding hydrogens is 180 g/mol. The van der Waals surface area contributed by atoms with Crippen LogP contribution in [0.5, 0.6) is 0 Å². The van der Waals surface area contributed by atoms with Crippen LogP contribution in [-0.2, 0) is 9.53 Å². The Kier molecular flexibility index (Phi) is 5.56. The van der Waals surface area contributed by atoms with Gasteiger partial charge in [-0.15, -0.1) is 0 Å². The standard InChI is InChI=1S/C10H20N2O2/c1-2-14-8-5-11-9-10(13)12-6-3-4-7-12/h11H,2-9H2,1H3. The molecule has 0 bridgehead atoms. The van der Waals surface area contributed by atoms with E-state index in [0.29, 0.717) is 13.2 Å². The summed E-state index contributed by atoms with van der Waals surface area (Å²) in [6.45, 7) is 6.47. The van der Waals surface area contributed by atoms with E-state index < -0.39 is 0 Å². The molecule has 1 saturated heterocycles. The Bertz CT molecular complexity index is 168. The third-order valence-electron chi connectivity index (χ3n) is 2.36. The molecule has 4 heteroatoms. The molecular formula is C10H20N2O2. The highest BCUT2D eigenvalue weighted by atomic mass is 16.5. The van der Waals surface area contributed by atoms with Gasteiger partial charge in [-0.05, 0) is 19.8 Å². The number of carbonyl (C=O) groups is 1. The zero-order chi connectivity index (χ0) is 10.2. The minimum absolute atomic E-state index is 0.221. The van der Waals surface area contributed by atoms with E-state index in [2.05, 4.69) is 5.32 Å². The van der Waals surface area contributed by atoms with Crippen molar-refractivity contribution in [3.8, 4) is 0 Å². The van der Waals surface area contributed by atoms with Crippen LogP contribution in [0.25, 0.3) is 0 Å². The van der Waals surface area contributed by atoms with E-state index in [1.807, 2.05) is 11.8 Å². The van der Waals surface area contributed by atoms with Crippen molar-refractivity contribution in [2.75, 3.05) is 39.4 Å². The summed E-state index contributed by atoms with van der Waals surface area (Å²) in [5.74, 6) is 0.221. The van der Waals surface area contributed by atoms with Crippen LogP contribution in [-0.4, -0.2) is 50.2 Å². The highest BCUT2D eigenvalue weighted by molar-refractivity contribution is 5.78. The van der Waals surface area contributed by atoms with E-state index >= 15 is 0 Å². The van der Waals surface area contributed by atoms with Crippen LogP contribution < -0.4 is 5.32 Å². The molecule has 0 saturated carbocycles. The number of carbonyl (C=O) groups excluding carboxylic acids is 1. The van der Waals surface area contributed by atoms with Gasteiger partial charge in [-0.1, -0.05) is 0 Å². The van der Waals surface area contributed by atoms with Gasteiger partial charge in [0.2, 0.25) is 5.91 Å². The fourth-order valence-electron chi connectivity index (χ4n) is 1.56. The molecule has 1 rings (SSSR count). The minimum atomic E-state index is 0.221. The van der Waals surface area contributed by atoms with Gasteiger partial charge in [0.25, 0.3) is 0 Å². The van der Waals surface area contributed by atoms with Gasteiger partial charge in [0.15, 0.2) is 0 Å². The van der Waals surface area contributed by atoms with Crippen LogP contribution in [0.1, 0.15) is 19.8 Å². The third kappa shape index (κ3) is 4.07. The lowest BCUT2D eigenvalue weighted by Crippen LogP contribution is -2.37. The predicted octanol–water partition coefficient (Wildman–Crippen LogP) is 0.235. The molecule has 82 valence electrons. The number of hydrogen-bond donors (Lipinski definition) is 1.